The Kier molecular flexibility index (Phi) is 5.52. The molecule has 34 heavy (non-hydrogen) atoms. The Morgan fingerprint density at radius 2 is 1.74 bits per heavy atom. The molecule has 3 aromatic heterocycles. The summed E-state index contributed by atoms with van der Waals surface area (Å²) in [6, 6.07) is 17.0. The van der Waals surface area contributed by atoms with Crippen LogP contribution in [0.3, 0.4) is 0 Å². The number of hydrogen-bond donors (Lipinski definition) is 2. The summed E-state index contributed by atoms with van der Waals surface area (Å²) < 4.78 is 16.1. The van der Waals surface area contributed by atoms with Gasteiger partial charge >= 0.3 is 0 Å². The molecule has 5 rings (SSSR count). The van der Waals surface area contributed by atoms with E-state index in [1.54, 1.807) is 59.5 Å². The van der Waals surface area contributed by atoms with Crippen LogP contribution < -0.4 is 16.2 Å². The quantitative estimate of drug-likeness (QED) is 0.386. The van der Waals surface area contributed by atoms with Crippen LogP contribution in [0.25, 0.3) is 11.3 Å². The minimum absolute atomic E-state index is 0.104. The second-order valence-electron chi connectivity index (χ2n) is 7.31. The number of rotatable bonds is 5. The number of imidazole rings is 1. The smallest absolute Gasteiger partial charge is 0.278 e. The molecule has 5 aromatic rings. The average Bonchev–Trinajstić information content (AvgIpc) is 3.30. The number of anilines is 3. The Labute approximate surface area is 197 Å². The van der Waals surface area contributed by atoms with E-state index >= 15 is 0 Å². The van der Waals surface area contributed by atoms with E-state index in [1.807, 2.05) is 0 Å². The van der Waals surface area contributed by atoms with Crippen LogP contribution in [-0.4, -0.2) is 25.1 Å². The third-order valence-corrected chi connectivity index (χ3v) is 5.24. The standard InChI is InChI=1S/C24H16ClFN6O2/c25-21-14-20(22-27-11-13-32(22)30-21)28-17-7-3-15(4-8-17)23(33)29-19-2-1-12-31(24(19)34)18-9-5-16(26)6-10-18/h1-14,28H,(H,29,33). The van der Waals surface area contributed by atoms with Crippen LogP contribution in [0, 0.1) is 5.82 Å². The number of carbonyl (C=O) groups is 1. The Bertz CT molecular complexity index is 1560. The highest BCUT2D eigenvalue weighted by Crippen LogP contribution is 2.23. The van der Waals surface area contributed by atoms with Gasteiger partial charge in [0.2, 0.25) is 0 Å². The van der Waals surface area contributed by atoms with Crippen molar-refractivity contribution in [2.75, 3.05) is 10.6 Å². The maximum Gasteiger partial charge on any atom is 0.278 e. The van der Waals surface area contributed by atoms with Gasteiger partial charge in [0.15, 0.2) is 10.8 Å². The van der Waals surface area contributed by atoms with Crippen LogP contribution in [0.5, 0.6) is 0 Å². The monoisotopic (exact) mass is 474 g/mol. The fourth-order valence-electron chi connectivity index (χ4n) is 3.43. The lowest BCUT2D eigenvalue weighted by Crippen LogP contribution is -2.24. The molecular weight excluding hydrogens is 459 g/mol. The minimum Gasteiger partial charge on any atom is -0.352 e. The zero-order valence-electron chi connectivity index (χ0n) is 17.4. The molecule has 0 atom stereocenters. The predicted octanol–water partition coefficient (Wildman–Crippen LogP) is 4.67. The van der Waals surface area contributed by atoms with Crippen LogP contribution in [0.4, 0.5) is 21.5 Å². The summed E-state index contributed by atoms with van der Waals surface area (Å²) in [5.41, 5.74) is 2.50. The second-order valence-corrected chi connectivity index (χ2v) is 7.69. The summed E-state index contributed by atoms with van der Waals surface area (Å²) in [5.74, 6) is -0.844. The van der Waals surface area contributed by atoms with Gasteiger partial charge in [0, 0.05) is 41.6 Å². The average molecular weight is 475 g/mol. The van der Waals surface area contributed by atoms with E-state index < -0.39 is 17.3 Å². The molecule has 0 unspecified atom stereocenters. The van der Waals surface area contributed by atoms with E-state index in [0.717, 1.165) is 0 Å². The first kappa shape index (κ1) is 21.4. The van der Waals surface area contributed by atoms with Gasteiger partial charge in [0.25, 0.3) is 11.5 Å². The van der Waals surface area contributed by atoms with Gasteiger partial charge in [-0.3, -0.25) is 14.2 Å². The summed E-state index contributed by atoms with van der Waals surface area (Å²) in [5, 5.41) is 10.3. The number of nitrogens with zero attached hydrogens (tertiary/aromatic N) is 4. The normalized spacial score (nSPS) is 10.9. The molecule has 0 aliphatic rings. The molecule has 0 saturated heterocycles. The number of benzene rings is 2. The fraction of sp³-hybridized carbons (Fsp3) is 0. The van der Waals surface area contributed by atoms with Crippen molar-refractivity contribution in [1.29, 1.82) is 0 Å². The number of hydrogen-bond acceptors (Lipinski definition) is 5. The van der Waals surface area contributed by atoms with Gasteiger partial charge in [-0.25, -0.2) is 13.9 Å². The third kappa shape index (κ3) is 4.24. The Morgan fingerprint density at radius 1 is 0.971 bits per heavy atom. The van der Waals surface area contributed by atoms with Gasteiger partial charge < -0.3 is 10.6 Å². The Hall–Kier alpha value is -4.50. The van der Waals surface area contributed by atoms with Crippen molar-refractivity contribution in [1.82, 2.24) is 19.2 Å². The van der Waals surface area contributed by atoms with Crippen molar-refractivity contribution in [3.05, 3.63) is 112 Å². The van der Waals surface area contributed by atoms with E-state index in [0.29, 0.717) is 33.4 Å². The molecule has 2 aromatic carbocycles. The molecule has 0 aliphatic carbocycles. The van der Waals surface area contributed by atoms with E-state index in [1.165, 1.54) is 34.9 Å². The largest absolute Gasteiger partial charge is 0.352 e. The van der Waals surface area contributed by atoms with E-state index in [4.69, 9.17) is 11.6 Å². The highest BCUT2D eigenvalue weighted by atomic mass is 35.5. The van der Waals surface area contributed by atoms with E-state index in [2.05, 4.69) is 20.7 Å². The summed E-state index contributed by atoms with van der Waals surface area (Å²) in [4.78, 5) is 29.8. The SMILES string of the molecule is O=C(Nc1cccn(-c2ccc(F)cc2)c1=O)c1ccc(Nc2cc(Cl)nn3ccnc23)cc1. The predicted molar refractivity (Wildman–Crippen MR) is 128 cm³/mol. The first-order valence-electron chi connectivity index (χ1n) is 10.1. The molecule has 0 spiro atoms. The van der Waals surface area contributed by atoms with Crippen molar-refractivity contribution in [2.24, 2.45) is 0 Å². The fourth-order valence-corrected chi connectivity index (χ4v) is 3.62. The molecule has 0 radical (unpaired) electrons. The summed E-state index contributed by atoms with van der Waals surface area (Å²) >= 11 is 6.06. The second kappa shape index (κ2) is 8.80. The van der Waals surface area contributed by atoms with Gasteiger partial charge in [0.05, 0.1) is 5.69 Å². The number of amides is 1. The van der Waals surface area contributed by atoms with E-state index in [-0.39, 0.29) is 5.69 Å². The van der Waals surface area contributed by atoms with Crippen molar-refractivity contribution < 1.29 is 9.18 Å². The van der Waals surface area contributed by atoms with Crippen LogP contribution in [0.2, 0.25) is 5.15 Å². The molecule has 1 amide bonds. The molecule has 2 N–H and O–H groups in total. The van der Waals surface area contributed by atoms with Crippen molar-refractivity contribution in [3.63, 3.8) is 0 Å². The van der Waals surface area contributed by atoms with Gasteiger partial charge in [-0.1, -0.05) is 11.6 Å². The number of aromatic nitrogens is 4. The first-order chi connectivity index (χ1) is 16.5. The number of pyridine rings is 1. The summed E-state index contributed by atoms with van der Waals surface area (Å²) in [6.07, 6.45) is 4.85. The molecule has 0 bridgehead atoms. The van der Waals surface area contributed by atoms with Gasteiger partial charge in [-0.05, 0) is 60.7 Å². The van der Waals surface area contributed by atoms with E-state index in [9.17, 15) is 14.0 Å². The highest BCUT2D eigenvalue weighted by Gasteiger charge is 2.12. The van der Waals surface area contributed by atoms with Crippen LogP contribution in [0.1, 0.15) is 10.4 Å². The molecule has 10 heteroatoms. The van der Waals surface area contributed by atoms with Crippen LogP contribution in [0.15, 0.2) is 90.1 Å². The number of carbonyl (C=O) groups excluding carboxylic acids is 1. The highest BCUT2D eigenvalue weighted by molar-refractivity contribution is 6.29. The molecule has 0 fully saturated rings. The third-order valence-electron chi connectivity index (χ3n) is 5.06. The molecule has 0 aliphatic heterocycles. The molecule has 168 valence electrons. The summed E-state index contributed by atoms with van der Waals surface area (Å²) in [7, 11) is 0. The van der Waals surface area contributed by atoms with Gasteiger partial charge in [0.1, 0.15) is 11.5 Å². The minimum atomic E-state index is -0.442. The molecule has 3 heterocycles. The first-order valence-corrected chi connectivity index (χ1v) is 10.5. The van der Waals surface area contributed by atoms with Gasteiger partial charge in [-0.15, -0.1) is 0 Å². The van der Waals surface area contributed by atoms with Crippen molar-refractivity contribution in [2.45, 2.75) is 0 Å². The molecule has 8 nitrogen and oxygen atoms in total. The molecular formula is C24H16ClFN6O2. The van der Waals surface area contributed by atoms with Crippen LogP contribution in [-0.2, 0) is 0 Å². The number of halogens is 2. The lowest BCUT2D eigenvalue weighted by Gasteiger charge is -2.11. The Morgan fingerprint density at radius 3 is 2.50 bits per heavy atom. The molecule has 0 saturated carbocycles. The Balaban J connectivity index is 1.34. The number of nitrogens with one attached hydrogen (secondary N) is 2. The number of fused-ring (bicyclic) bond motifs is 1. The lowest BCUT2D eigenvalue weighted by molar-refractivity contribution is 0.102. The topological polar surface area (TPSA) is 93.3 Å². The lowest BCUT2D eigenvalue weighted by atomic mass is 10.2. The zero-order valence-corrected chi connectivity index (χ0v) is 18.2. The van der Waals surface area contributed by atoms with Crippen molar-refractivity contribution in [3.8, 4) is 5.69 Å². The maximum absolute atomic E-state index is 13.2. The van der Waals surface area contributed by atoms with Crippen LogP contribution >= 0.6 is 11.6 Å². The van der Waals surface area contributed by atoms with Gasteiger partial charge in [-0.2, -0.15) is 5.10 Å². The van der Waals surface area contributed by atoms with Crippen molar-refractivity contribution >= 4 is 40.2 Å². The summed E-state index contributed by atoms with van der Waals surface area (Å²) in [6.45, 7) is 0. The maximum atomic E-state index is 13.2. The zero-order chi connectivity index (χ0) is 23.7.